The molecule has 0 fully saturated rings. The molecule has 0 aliphatic carbocycles. The van der Waals surface area contributed by atoms with Gasteiger partial charge in [-0.05, 0) is 47.5 Å². The van der Waals surface area contributed by atoms with Crippen LogP contribution in [0.2, 0.25) is 0 Å². The van der Waals surface area contributed by atoms with E-state index in [1.54, 1.807) is 23.5 Å². The summed E-state index contributed by atoms with van der Waals surface area (Å²) < 4.78 is 4.06. The summed E-state index contributed by atoms with van der Waals surface area (Å²) in [5.41, 5.74) is 4.55. The number of hydrogen-bond donors (Lipinski definition) is 0. The molecule has 146 valence electrons. The third-order valence-corrected chi connectivity index (χ3v) is 7.20. The van der Waals surface area contributed by atoms with Gasteiger partial charge in [0.05, 0.1) is 11.7 Å². The van der Waals surface area contributed by atoms with Crippen LogP contribution in [0.5, 0.6) is 0 Å². The maximum atomic E-state index is 4.42. The number of benzene rings is 2. The molecule has 1 atom stereocenters. The minimum Gasteiger partial charge on any atom is -0.297 e. The van der Waals surface area contributed by atoms with Crippen LogP contribution in [0.3, 0.4) is 0 Å². The molecule has 0 bridgehead atoms. The molecule has 7 nitrogen and oxygen atoms in total. The first-order valence-corrected chi connectivity index (χ1v) is 11.3. The first kappa shape index (κ1) is 18.4. The van der Waals surface area contributed by atoms with Crippen LogP contribution in [0.4, 0.5) is 0 Å². The highest BCUT2D eigenvalue weighted by atomic mass is 32.2. The number of nitrogens with zero attached hydrogens (tertiary/aromatic N) is 7. The van der Waals surface area contributed by atoms with Gasteiger partial charge in [0.25, 0.3) is 0 Å². The Bertz CT molecular complexity index is 1150. The Morgan fingerprint density at radius 2 is 1.90 bits per heavy atom. The maximum absolute atomic E-state index is 4.42. The predicted molar refractivity (Wildman–Crippen MR) is 115 cm³/mol. The second-order valence-corrected chi connectivity index (χ2v) is 8.93. The summed E-state index contributed by atoms with van der Waals surface area (Å²) in [7, 11) is 0. The first-order valence-electron chi connectivity index (χ1n) is 9.32. The summed E-state index contributed by atoms with van der Waals surface area (Å²) in [6, 6.07) is 16.8. The number of fused-ring (bicyclic) bond motifs is 1. The fourth-order valence-corrected chi connectivity index (χ4v) is 5.51. The van der Waals surface area contributed by atoms with E-state index in [4.69, 9.17) is 0 Å². The second kappa shape index (κ2) is 7.64. The summed E-state index contributed by atoms with van der Waals surface area (Å²) in [5.74, 6) is 2.75. The topological polar surface area (TPSA) is 74.3 Å². The van der Waals surface area contributed by atoms with Gasteiger partial charge >= 0.3 is 0 Å². The van der Waals surface area contributed by atoms with Crippen molar-refractivity contribution in [1.29, 1.82) is 0 Å². The molecule has 9 heteroatoms. The summed E-state index contributed by atoms with van der Waals surface area (Å²) in [6.45, 7) is 4.21. The zero-order valence-corrected chi connectivity index (χ0v) is 17.7. The molecule has 1 aliphatic rings. The van der Waals surface area contributed by atoms with E-state index in [-0.39, 0.29) is 6.04 Å². The van der Waals surface area contributed by atoms with Gasteiger partial charge < -0.3 is 0 Å². The average molecular weight is 422 g/mol. The highest BCUT2D eigenvalue weighted by Crippen LogP contribution is 2.38. The van der Waals surface area contributed by atoms with Crippen LogP contribution in [-0.4, -0.2) is 46.5 Å². The van der Waals surface area contributed by atoms with Crippen molar-refractivity contribution in [1.82, 2.24) is 35.0 Å². The van der Waals surface area contributed by atoms with Gasteiger partial charge in [-0.3, -0.25) is 4.57 Å². The summed E-state index contributed by atoms with van der Waals surface area (Å²) in [4.78, 5) is 0. The highest BCUT2D eigenvalue weighted by Gasteiger charge is 2.29. The SMILES string of the molecule is Cc1ccc(-n2nnnc2SC[C@H]2CSc3nnc(-c4ccccc4)n32)cc1C. The van der Waals surface area contributed by atoms with E-state index < -0.39 is 0 Å². The van der Waals surface area contributed by atoms with Crippen LogP contribution in [0, 0.1) is 13.8 Å². The number of hydrogen-bond acceptors (Lipinski definition) is 7. The molecule has 4 aromatic rings. The van der Waals surface area contributed by atoms with E-state index >= 15 is 0 Å². The monoisotopic (exact) mass is 421 g/mol. The zero-order chi connectivity index (χ0) is 19.8. The van der Waals surface area contributed by atoms with E-state index in [1.807, 2.05) is 22.9 Å². The molecule has 0 unspecified atom stereocenters. The third kappa shape index (κ3) is 3.44. The van der Waals surface area contributed by atoms with E-state index in [0.29, 0.717) is 0 Å². The van der Waals surface area contributed by atoms with Gasteiger partial charge in [-0.25, -0.2) is 0 Å². The molecule has 29 heavy (non-hydrogen) atoms. The Labute approximate surface area is 176 Å². The fourth-order valence-electron chi connectivity index (χ4n) is 3.32. The molecule has 3 heterocycles. The Hall–Kier alpha value is -2.65. The Kier molecular flexibility index (Phi) is 4.84. The molecule has 1 aliphatic heterocycles. The van der Waals surface area contributed by atoms with E-state index in [1.165, 1.54) is 11.1 Å². The molecule has 0 spiro atoms. The molecule has 2 aromatic heterocycles. The van der Waals surface area contributed by atoms with Crippen molar-refractivity contribution in [3.05, 3.63) is 59.7 Å². The van der Waals surface area contributed by atoms with Crippen molar-refractivity contribution in [2.45, 2.75) is 30.2 Å². The van der Waals surface area contributed by atoms with Crippen molar-refractivity contribution >= 4 is 23.5 Å². The number of aryl methyl sites for hydroxylation is 2. The lowest BCUT2D eigenvalue weighted by molar-refractivity contribution is 0.596. The van der Waals surface area contributed by atoms with Crippen molar-refractivity contribution in [3.63, 3.8) is 0 Å². The van der Waals surface area contributed by atoms with Crippen molar-refractivity contribution in [3.8, 4) is 17.1 Å². The van der Waals surface area contributed by atoms with Gasteiger partial charge in [0.1, 0.15) is 0 Å². The second-order valence-electron chi connectivity index (χ2n) is 6.96. The minimum absolute atomic E-state index is 0.287. The molecular weight excluding hydrogens is 402 g/mol. The van der Waals surface area contributed by atoms with E-state index in [0.717, 1.165) is 38.9 Å². The normalized spacial score (nSPS) is 15.6. The lowest BCUT2D eigenvalue weighted by Crippen LogP contribution is -2.12. The standard InChI is InChI=1S/C20H19N7S2/c1-13-8-9-16(10-14(13)2)27-20(23-24-25-27)29-12-17-11-28-19-22-21-18(26(17)19)15-6-4-3-5-7-15/h3-10,17H,11-12H2,1-2H3/t17-/m1/s1. The molecule has 0 saturated heterocycles. The van der Waals surface area contributed by atoms with Crippen LogP contribution in [0.25, 0.3) is 17.1 Å². The minimum atomic E-state index is 0.287. The number of tetrazole rings is 1. The summed E-state index contributed by atoms with van der Waals surface area (Å²) in [5, 5.41) is 22.9. The van der Waals surface area contributed by atoms with Crippen LogP contribution >= 0.6 is 23.5 Å². The molecule has 0 amide bonds. The van der Waals surface area contributed by atoms with E-state index in [2.05, 4.69) is 74.5 Å². The molecule has 5 rings (SSSR count). The Morgan fingerprint density at radius 1 is 1.03 bits per heavy atom. The maximum Gasteiger partial charge on any atom is 0.214 e. The summed E-state index contributed by atoms with van der Waals surface area (Å²) in [6.07, 6.45) is 0. The molecule has 0 N–H and O–H groups in total. The number of rotatable bonds is 5. The van der Waals surface area contributed by atoms with Crippen molar-refractivity contribution < 1.29 is 0 Å². The van der Waals surface area contributed by atoms with Gasteiger partial charge in [0.2, 0.25) is 5.16 Å². The van der Waals surface area contributed by atoms with Crippen LogP contribution < -0.4 is 0 Å². The molecule has 0 radical (unpaired) electrons. The quantitative estimate of drug-likeness (QED) is 0.451. The van der Waals surface area contributed by atoms with Crippen LogP contribution in [0.1, 0.15) is 17.2 Å². The predicted octanol–water partition coefficient (Wildman–Crippen LogP) is 3.98. The highest BCUT2D eigenvalue weighted by molar-refractivity contribution is 8.00. The van der Waals surface area contributed by atoms with Gasteiger partial charge in [-0.2, -0.15) is 4.68 Å². The molecule has 2 aromatic carbocycles. The number of aromatic nitrogens is 7. The summed E-state index contributed by atoms with van der Waals surface area (Å²) >= 11 is 3.41. The average Bonchev–Trinajstić information content (AvgIpc) is 3.46. The fraction of sp³-hybridized carbons (Fsp3) is 0.250. The van der Waals surface area contributed by atoms with Gasteiger partial charge in [-0.15, -0.1) is 15.3 Å². The van der Waals surface area contributed by atoms with E-state index in [9.17, 15) is 0 Å². The Balaban J connectivity index is 1.38. The van der Waals surface area contributed by atoms with Crippen LogP contribution in [-0.2, 0) is 0 Å². The largest absolute Gasteiger partial charge is 0.297 e. The van der Waals surface area contributed by atoms with Crippen LogP contribution in [0.15, 0.2) is 58.8 Å². The van der Waals surface area contributed by atoms with Gasteiger partial charge in [-0.1, -0.05) is 59.9 Å². The van der Waals surface area contributed by atoms with Gasteiger partial charge in [0.15, 0.2) is 11.0 Å². The lowest BCUT2D eigenvalue weighted by Gasteiger charge is -2.14. The first-order chi connectivity index (χ1) is 14.2. The lowest BCUT2D eigenvalue weighted by atomic mass is 10.1. The Morgan fingerprint density at radius 3 is 2.72 bits per heavy atom. The third-order valence-electron chi connectivity index (χ3n) is 5.05. The molecule has 0 saturated carbocycles. The van der Waals surface area contributed by atoms with Gasteiger partial charge in [0, 0.05) is 17.1 Å². The molecular formula is C20H19N7S2. The number of thioether (sulfide) groups is 2. The van der Waals surface area contributed by atoms with Crippen molar-refractivity contribution in [2.75, 3.05) is 11.5 Å². The zero-order valence-electron chi connectivity index (χ0n) is 16.1. The smallest absolute Gasteiger partial charge is 0.214 e. The van der Waals surface area contributed by atoms with Crippen molar-refractivity contribution in [2.24, 2.45) is 0 Å².